The van der Waals surface area contributed by atoms with Crippen LogP contribution in [0.25, 0.3) is 0 Å². The number of aliphatic hydroxyl groups is 1. The third-order valence-corrected chi connectivity index (χ3v) is 8.86. The zero-order chi connectivity index (χ0) is 28.2. The summed E-state index contributed by atoms with van der Waals surface area (Å²) in [6, 6.07) is 6.16. The average molecular weight is 559 g/mol. The van der Waals surface area contributed by atoms with Gasteiger partial charge >= 0.3 is 5.97 Å². The van der Waals surface area contributed by atoms with Gasteiger partial charge in [-0.1, -0.05) is 62.2 Å². The Bertz CT molecular complexity index is 1110. The van der Waals surface area contributed by atoms with E-state index in [2.05, 4.69) is 13.2 Å². The lowest BCUT2D eigenvalue weighted by Crippen LogP contribution is -2.56. The van der Waals surface area contributed by atoms with E-state index in [1.54, 1.807) is 40.1 Å². The molecule has 5 atom stereocenters. The van der Waals surface area contributed by atoms with Gasteiger partial charge in [0.15, 0.2) is 0 Å². The van der Waals surface area contributed by atoms with E-state index in [1.807, 2.05) is 6.92 Å². The van der Waals surface area contributed by atoms with E-state index in [4.69, 9.17) is 26.2 Å². The molecule has 3 fully saturated rings. The van der Waals surface area contributed by atoms with E-state index in [0.29, 0.717) is 49.4 Å². The average Bonchev–Trinajstić information content (AvgIpc) is 3.54. The third-order valence-electron chi connectivity index (χ3n) is 8.54. The number of fused-ring (bicyclic) bond motifs is 1. The van der Waals surface area contributed by atoms with E-state index in [9.17, 15) is 14.4 Å². The Balaban J connectivity index is 1.76. The zero-order valence-electron chi connectivity index (χ0n) is 22.6. The molecule has 0 aliphatic carbocycles. The van der Waals surface area contributed by atoms with Crippen LogP contribution >= 0.6 is 11.6 Å². The highest BCUT2D eigenvalue weighted by atomic mass is 35.5. The minimum Gasteiger partial charge on any atom is -0.461 e. The van der Waals surface area contributed by atoms with Gasteiger partial charge in [0.25, 0.3) is 5.91 Å². The summed E-state index contributed by atoms with van der Waals surface area (Å²) in [5.41, 5.74) is -1.48. The molecule has 2 amide bonds. The summed E-state index contributed by atoms with van der Waals surface area (Å²) in [6.45, 7) is 10.1. The van der Waals surface area contributed by atoms with Gasteiger partial charge in [0.2, 0.25) is 5.91 Å². The molecule has 3 heterocycles. The number of esters is 1. The second kappa shape index (κ2) is 12.2. The molecule has 3 saturated heterocycles. The fourth-order valence-electron chi connectivity index (χ4n) is 6.83. The fourth-order valence-corrected chi connectivity index (χ4v) is 7.07. The molecule has 3 aliphatic heterocycles. The van der Waals surface area contributed by atoms with Crippen LogP contribution in [0.2, 0.25) is 5.02 Å². The van der Waals surface area contributed by atoms with Crippen molar-refractivity contribution in [2.24, 2.45) is 11.8 Å². The number of aliphatic hydroxyl groups excluding tert-OH is 1. The molecule has 0 saturated carbocycles. The number of carbonyl (C=O) groups is 3. The number of ether oxygens (including phenoxy) is 2. The first-order valence-electron chi connectivity index (χ1n) is 13.9. The summed E-state index contributed by atoms with van der Waals surface area (Å²) in [4.78, 5) is 45.3. The second-order valence-corrected chi connectivity index (χ2v) is 11.0. The van der Waals surface area contributed by atoms with Crippen LogP contribution in [0.5, 0.6) is 0 Å². The Hall–Kier alpha value is -2.68. The van der Waals surface area contributed by atoms with E-state index in [1.165, 1.54) is 6.08 Å². The van der Waals surface area contributed by atoms with Gasteiger partial charge in [0, 0.05) is 19.7 Å². The molecule has 1 aromatic carbocycles. The van der Waals surface area contributed by atoms with Gasteiger partial charge < -0.3 is 24.4 Å². The smallest absolute Gasteiger partial charge is 0.313 e. The van der Waals surface area contributed by atoms with Crippen molar-refractivity contribution in [1.29, 1.82) is 0 Å². The van der Waals surface area contributed by atoms with Crippen LogP contribution in [0, 0.1) is 11.8 Å². The van der Waals surface area contributed by atoms with Crippen molar-refractivity contribution in [2.75, 3.05) is 31.2 Å². The topological polar surface area (TPSA) is 96.4 Å². The van der Waals surface area contributed by atoms with Crippen LogP contribution in [0.15, 0.2) is 49.6 Å². The molecular weight excluding hydrogens is 520 g/mol. The van der Waals surface area contributed by atoms with Crippen molar-refractivity contribution in [1.82, 2.24) is 4.90 Å². The minimum absolute atomic E-state index is 0.0413. The monoisotopic (exact) mass is 558 g/mol. The number of para-hydroxylation sites is 1. The summed E-state index contributed by atoms with van der Waals surface area (Å²) in [6.07, 6.45) is 7.66. The fraction of sp³-hybridized carbons (Fsp3) is 0.567. The third kappa shape index (κ3) is 5.03. The second-order valence-electron chi connectivity index (χ2n) is 10.6. The Morgan fingerprint density at radius 3 is 2.62 bits per heavy atom. The van der Waals surface area contributed by atoms with Gasteiger partial charge in [0.1, 0.15) is 24.2 Å². The number of hydrogen-bond acceptors (Lipinski definition) is 6. The quantitative estimate of drug-likeness (QED) is 0.208. The Kier molecular flexibility index (Phi) is 9.19. The number of rotatable bonds is 14. The first-order valence-corrected chi connectivity index (χ1v) is 14.3. The normalized spacial score (nSPS) is 28.8. The number of benzene rings is 1. The van der Waals surface area contributed by atoms with Crippen LogP contribution in [-0.4, -0.2) is 71.3 Å². The number of carbonyl (C=O) groups excluding carboxylic acids is 3. The molecule has 2 unspecified atom stereocenters. The molecule has 2 bridgehead atoms. The Morgan fingerprint density at radius 2 is 1.95 bits per heavy atom. The molecule has 212 valence electrons. The molecule has 39 heavy (non-hydrogen) atoms. The molecule has 3 aliphatic rings. The molecule has 9 heteroatoms. The molecule has 8 nitrogen and oxygen atoms in total. The number of unbranched alkanes of at least 4 members (excludes halogenated alkanes) is 3. The highest BCUT2D eigenvalue weighted by molar-refractivity contribution is 6.34. The van der Waals surface area contributed by atoms with E-state index >= 15 is 0 Å². The van der Waals surface area contributed by atoms with Gasteiger partial charge in [-0.15, -0.1) is 6.58 Å². The largest absolute Gasteiger partial charge is 0.461 e. The van der Waals surface area contributed by atoms with Crippen molar-refractivity contribution in [3.05, 3.63) is 54.6 Å². The van der Waals surface area contributed by atoms with E-state index < -0.39 is 35.0 Å². The molecule has 4 rings (SSSR count). The number of likely N-dealkylation sites (tertiary alicyclic amines) is 1. The highest BCUT2D eigenvalue weighted by Crippen LogP contribution is 2.64. The molecule has 1 spiro atoms. The summed E-state index contributed by atoms with van der Waals surface area (Å²) in [5, 5.41) is 9.56. The number of halogens is 1. The minimum atomic E-state index is -1.15. The van der Waals surface area contributed by atoms with Crippen molar-refractivity contribution in [3.63, 3.8) is 0 Å². The molecule has 0 radical (unpaired) electrons. The lowest BCUT2D eigenvalue weighted by atomic mass is 9.65. The summed E-state index contributed by atoms with van der Waals surface area (Å²) in [7, 11) is 0. The van der Waals surface area contributed by atoms with Crippen molar-refractivity contribution >= 4 is 35.1 Å². The maximum absolute atomic E-state index is 14.5. The molecule has 0 aromatic heterocycles. The van der Waals surface area contributed by atoms with Crippen molar-refractivity contribution in [3.8, 4) is 0 Å². The van der Waals surface area contributed by atoms with Crippen molar-refractivity contribution < 1.29 is 29.0 Å². The highest BCUT2D eigenvalue weighted by Gasteiger charge is 2.79. The van der Waals surface area contributed by atoms with Crippen LogP contribution in [0.1, 0.15) is 51.9 Å². The van der Waals surface area contributed by atoms with Crippen LogP contribution in [0.4, 0.5) is 5.69 Å². The summed E-state index contributed by atoms with van der Waals surface area (Å²) in [5.74, 6) is -2.65. The first kappa shape index (κ1) is 29.3. The van der Waals surface area contributed by atoms with Crippen LogP contribution in [0.3, 0.4) is 0 Å². The van der Waals surface area contributed by atoms with Crippen LogP contribution < -0.4 is 4.90 Å². The molecule has 1 N–H and O–H groups in total. The predicted molar refractivity (Wildman–Crippen MR) is 149 cm³/mol. The van der Waals surface area contributed by atoms with Gasteiger partial charge in [-0.25, -0.2) is 0 Å². The van der Waals surface area contributed by atoms with Gasteiger partial charge in [-0.3, -0.25) is 14.4 Å². The molecule has 1 aromatic rings. The number of anilines is 1. The van der Waals surface area contributed by atoms with E-state index in [-0.39, 0.29) is 31.6 Å². The van der Waals surface area contributed by atoms with Crippen LogP contribution in [-0.2, 0) is 23.9 Å². The lowest BCUT2D eigenvalue weighted by molar-refractivity contribution is -0.159. The zero-order valence-corrected chi connectivity index (χ0v) is 23.4. The van der Waals surface area contributed by atoms with Crippen molar-refractivity contribution in [2.45, 2.75) is 69.1 Å². The first-order chi connectivity index (χ1) is 18.8. The van der Waals surface area contributed by atoms with Gasteiger partial charge in [-0.2, -0.15) is 0 Å². The number of hydrogen-bond donors (Lipinski definition) is 1. The maximum atomic E-state index is 14.5. The van der Waals surface area contributed by atoms with Gasteiger partial charge in [0.05, 0.1) is 22.2 Å². The Morgan fingerprint density at radius 1 is 1.21 bits per heavy atom. The Labute approximate surface area is 235 Å². The molecular formula is C30H39ClN2O6. The maximum Gasteiger partial charge on any atom is 0.313 e. The predicted octanol–water partition coefficient (Wildman–Crippen LogP) is 4.30. The summed E-state index contributed by atoms with van der Waals surface area (Å²) < 4.78 is 12.3. The van der Waals surface area contributed by atoms with Gasteiger partial charge in [-0.05, 0) is 44.2 Å². The summed E-state index contributed by atoms with van der Waals surface area (Å²) >= 11 is 6.52. The number of nitrogens with zero attached hydrogens (tertiary/aromatic N) is 2. The number of amides is 2. The van der Waals surface area contributed by atoms with E-state index in [0.717, 1.165) is 12.8 Å². The lowest BCUT2D eigenvalue weighted by Gasteiger charge is -2.37. The SMILES string of the molecule is C=CCOC(=O)[C@@H]1[C@H]2C(=O)N(CCCCCCO)C(C(=O)N(CC=C)c3ccccc3Cl)C23CC[C@@]1(CC)O3. The standard InChI is InChI=1S/C30H39ClN2O6/c1-4-17-32(22-14-10-9-13-21(22)31)27(36)25-30-16-15-29(6-3,39-30)24(28(37)38-20-5-2)23(30)26(35)33(25)18-11-7-8-12-19-34/h4-5,9-10,13-14,23-25,34H,1-2,6-8,11-12,15-20H2,3H3/t23-,24-,25?,29+,30?/m0/s1.